The highest BCUT2D eigenvalue weighted by atomic mass is 16.2. The summed E-state index contributed by atoms with van der Waals surface area (Å²) in [6, 6.07) is 9.13. The molecule has 4 rings (SSSR count). The second-order valence-corrected chi connectivity index (χ2v) is 10.5. The standard InChI is InChI=1S/C26H38N8O3/c1-26(2,28)23(35)32-13-15-33(16-14-32)24(36)29-22-9-12-34(25(37)30-22)21-5-3-19(4-6-21)7-10-31-11-8-20(17-27)18-31/h3-6,9,12,20H,7-8,10-11,13-18,27-28H2,1-2H3,(H,29,30,36,37)/t20-/m1/s1. The summed E-state index contributed by atoms with van der Waals surface area (Å²) in [5.74, 6) is 0.656. The van der Waals surface area contributed by atoms with Crippen LogP contribution in [0.4, 0.5) is 10.6 Å². The monoisotopic (exact) mass is 510 g/mol. The molecule has 2 fully saturated rings. The van der Waals surface area contributed by atoms with Crippen LogP contribution in [0.5, 0.6) is 0 Å². The SMILES string of the molecule is CC(C)(N)C(=O)N1CCN(C(=O)Nc2ccn(-c3ccc(CCN4CC[C@H](CN)C4)cc3)c(=O)n2)CC1. The number of nitrogens with two attached hydrogens (primary N) is 2. The fourth-order valence-corrected chi connectivity index (χ4v) is 4.80. The Hall–Kier alpha value is -3.28. The first kappa shape index (κ1) is 26.8. The number of carbonyl (C=O) groups excluding carboxylic acids is 2. The Labute approximate surface area is 217 Å². The Balaban J connectivity index is 1.29. The first-order valence-electron chi connectivity index (χ1n) is 12.9. The maximum absolute atomic E-state index is 12.7. The Morgan fingerprint density at radius 2 is 1.73 bits per heavy atom. The molecule has 0 radical (unpaired) electrons. The van der Waals surface area contributed by atoms with Crippen LogP contribution in [0.2, 0.25) is 0 Å². The van der Waals surface area contributed by atoms with Gasteiger partial charge in [0.2, 0.25) is 5.91 Å². The molecule has 2 aliphatic rings. The molecule has 0 spiro atoms. The topological polar surface area (TPSA) is 143 Å². The van der Waals surface area contributed by atoms with E-state index >= 15 is 0 Å². The molecule has 11 nitrogen and oxygen atoms in total. The van der Waals surface area contributed by atoms with E-state index in [2.05, 4.69) is 15.2 Å². The molecular formula is C26H38N8O3. The second-order valence-electron chi connectivity index (χ2n) is 10.5. The van der Waals surface area contributed by atoms with Gasteiger partial charge in [-0.2, -0.15) is 4.98 Å². The summed E-state index contributed by atoms with van der Waals surface area (Å²) in [5, 5.41) is 2.69. The number of hydrogen-bond acceptors (Lipinski definition) is 7. The normalized spacial score (nSPS) is 18.8. The van der Waals surface area contributed by atoms with Crippen LogP contribution in [0.1, 0.15) is 25.8 Å². The molecular weight excluding hydrogens is 472 g/mol. The molecule has 2 saturated heterocycles. The van der Waals surface area contributed by atoms with Crippen LogP contribution in [0.3, 0.4) is 0 Å². The van der Waals surface area contributed by atoms with Gasteiger partial charge in [-0.3, -0.25) is 14.7 Å². The molecule has 0 aliphatic carbocycles. The lowest BCUT2D eigenvalue weighted by molar-refractivity contribution is -0.137. The number of urea groups is 1. The fourth-order valence-electron chi connectivity index (χ4n) is 4.80. The summed E-state index contributed by atoms with van der Waals surface area (Å²) in [5.41, 5.74) is 12.2. The van der Waals surface area contributed by atoms with Crippen molar-refractivity contribution in [2.45, 2.75) is 32.2 Å². The average molecular weight is 511 g/mol. The molecule has 37 heavy (non-hydrogen) atoms. The fraction of sp³-hybridized carbons (Fsp3) is 0.538. The molecule has 0 saturated carbocycles. The van der Waals surface area contributed by atoms with Crippen molar-refractivity contribution in [1.29, 1.82) is 0 Å². The molecule has 11 heteroatoms. The molecule has 1 atom stereocenters. The molecule has 3 heterocycles. The van der Waals surface area contributed by atoms with Gasteiger partial charge in [0.15, 0.2) is 0 Å². The molecule has 5 N–H and O–H groups in total. The van der Waals surface area contributed by atoms with E-state index in [0.717, 1.165) is 32.6 Å². The van der Waals surface area contributed by atoms with Crippen LogP contribution in [0.15, 0.2) is 41.3 Å². The highest BCUT2D eigenvalue weighted by Gasteiger charge is 2.31. The van der Waals surface area contributed by atoms with Crippen molar-refractivity contribution in [2.75, 3.05) is 57.7 Å². The number of nitrogens with zero attached hydrogens (tertiary/aromatic N) is 5. The van der Waals surface area contributed by atoms with Crippen molar-refractivity contribution >= 4 is 17.8 Å². The predicted molar refractivity (Wildman–Crippen MR) is 143 cm³/mol. The Morgan fingerprint density at radius 1 is 1.05 bits per heavy atom. The number of amides is 3. The van der Waals surface area contributed by atoms with Gasteiger partial charge in [0, 0.05) is 45.5 Å². The van der Waals surface area contributed by atoms with E-state index in [1.54, 1.807) is 35.9 Å². The van der Waals surface area contributed by atoms with E-state index in [9.17, 15) is 14.4 Å². The zero-order chi connectivity index (χ0) is 26.6. The van der Waals surface area contributed by atoms with E-state index < -0.39 is 11.2 Å². The summed E-state index contributed by atoms with van der Waals surface area (Å²) >= 11 is 0. The van der Waals surface area contributed by atoms with Crippen LogP contribution >= 0.6 is 0 Å². The zero-order valence-electron chi connectivity index (χ0n) is 21.7. The highest BCUT2D eigenvalue weighted by molar-refractivity contribution is 5.89. The summed E-state index contributed by atoms with van der Waals surface area (Å²) in [6.07, 6.45) is 3.73. The number of rotatable bonds is 7. The summed E-state index contributed by atoms with van der Waals surface area (Å²) in [6.45, 7) is 8.84. The number of aromatic nitrogens is 2. The lowest BCUT2D eigenvalue weighted by Crippen LogP contribution is -2.58. The third kappa shape index (κ3) is 6.73. The number of nitrogens with one attached hydrogen (secondary N) is 1. The van der Waals surface area contributed by atoms with Crippen LogP contribution < -0.4 is 22.5 Å². The molecule has 200 valence electrons. The quantitative estimate of drug-likeness (QED) is 0.491. The van der Waals surface area contributed by atoms with Crippen LogP contribution in [-0.4, -0.2) is 94.1 Å². The summed E-state index contributed by atoms with van der Waals surface area (Å²) in [7, 11) is 0. The average Bonchev–Trinajstić information content (AvgIpc) is 3.35. The largest absolute Gasteiger partial charge is 0.354 e. The first-order valence-corrected chi connectivity index (χ1v) is 12.9. The van der Waals surface area contributed by atoms with Crippen molar-refractivity contribution in [3.63, 3.8) is 0 Å². The third-order valence-corrected chi connectivity index (χ3v) is 7.08. The van der Waals surface area contributed by atoms with E-state index in [1.807, 2.05) is 24.3 Å². The number of benzene rings is 1. The lowest BCUT2D eigenvalue weighted by Gasteiger charge is -2.37. The van der Waals surface area contributed by atoms with E-state index in [-0.39, 0.29) is 17.8 Å². The first-order chi connectivity index (χ1) is 17.6. The van der Waals surface area contributed by atoms with Crippen molar-refractivity contribution in [2.24, 2.45) is 17.4 Å². The minimum absolute atomic E-state index is 0.141. The van der Waals surface area contributed by atoms with Gasteiger partial charge < -0.3 is 26.2 Å². The molecule has 2 aromatic rings. The predicted octanol–water partition coefficient (Wildman–Crippen LogP) is 0.469. The number of anilines is 1. The minimum Gasteiger partial charge on any atom is -0.338 e. The minimum atomic E-state index is -0.944. The van der Waals surface area contributed by atoms with Gasteiger partial charge in [0.25, 0.3) is 0 Å². The molecule has 3 amide bonds. The summed E-state index contributed by atoms with van der Waals surface area (Å²) in [4.78, 5) is 47.4. The summed E-state index contributed by atoms with van der Waals surface area (Å²) < 4.78 is 1.45. The van der Waals surface area contributed by atoms with Crippen molar-refractivity contribution in [3.05, 3.63) is 52.6 Å². The van der Waals surface area contributed by atoms with Crippen molar-refractivity contribution < 1.29 is 9.59 Å². The smallest absolute Gasteiger partial charge is 0.338 e. The molecule has 0 unspecified atom stereocenters. The van der Waals surface area contributed by atoms with Gasteiger partial charge in [-0.05, 0) is 69.5 Å². The van der Waals surface area contributed by atoms with E-state index in [0.29, 0.717) is 37.8 Å². The number of carbonyl (C=O) groups is 2. The Morgan fingerprint density at radius 3 is 2.32 bits per heavy atom. The molecule has 2 aliphatic heterocycles. The highest BCUT2D eigenvalue weighted by Crippen LogP contribution is 2.16. The molecule has 1 aromatic heterocycles. The number of hydrogen-bond donors (Lipinski definition) is 3. The van der Waals surface area contributed by atoms with E-state index in [1.165, 1.54) is 16.6 Å². The lowest BCUT2D eigenvalue weighted by atomic mass is 10.1. The zero-order valence-corrected chi connectivity index (χ0v) is 21.7. The van der Waals surface area contributed by atoms with Gasteiger partial charge >= 0.3 is 11.7 Å². The Bertz CT molecular complexity index is 1150. The second kappa shape index (κ2) is 11.4. The Kier molecular flexibility index (Phi) is 8.25. The van der Waals surface area contributed by atoms with Crippen LogP contribution in [0.25, 0.3) is 5.69 Å². The number of likely N-dealkylation sites (tertiary alicyclic amines) is 1. The maximum atomic E-state index is 12.7. The van der Waals surface area contributed by atoms with Crippen molar-refractivity contribution in [3.8, 4) is 5.69 Å². The van der Waals surface area contributed by atoms with Gasteiger partial charge in [0.1, 0.15) is 5.82 Å². The molecule has 0 bridgehead atoms. The number of piperazine rings is 1. The van der Waals surface area contributed by atoms with Gasteiger partial charge in [-0.1, -0.05) is 12.1 Å². The van der Waals surface area contributed by atoms with Gasteiger partial charge in [-0.15, -0.1) is 0 Å². The van der Waals surface area contributed by atoms with Crippen LogP contribution in [0, 0.1) is 5.92 Å². The maximum Gasteiger partial charge on any atom is 0.354 e. The van der Waals surface area contributed by atoms with Gasteiger partial charge in [-0.25, -0.2) is 9.59 Å². The third-order valence-electron chi connectivity index (χ3n) is 7.08. The van der Waals surface area contributed by atoms with Crippen LogP contribution in [-0.2, 0) is 11.2 Å². The molecule has 1 aromatic carbocycles. The van der Waals surface area contributed by atoms with Gasteiger partial charge in [0.05, 0.1) is 11.2 Å². The van der Waals surface area contributed by atoms with E-state index in [4.69, 9.17) is 11.5 Å². The van der Waals surface area contributed by atoms with Crippen molar-refractivity contribution in [1.82, 2.24) is 24.3 Å².